The number of ether oxygens (including phenoxy) is 4. The van der Waals surface area contributed by atoms with Crippen LogP contribution in [0.3, 0.4) is 0 Å². The minimum Gasteiger partial charge on any atom is -0.493 e. The Hall–Kier alpha value is -2.94. The van der Waals surface area contributed by atoms with Crippen LogP contribution >= 0.6 is 11.8 Å². The molecule has 142 valence electrons. The van der Waals surface area contributed by atoms with Crippen LogP contribution < -0.4 is 18.9 Å². The van der Waals surface area contributed by atoms with Crippen molar-refractivity contribution in [3.63, 3.8) is 0 Å². The fraction of sp³-hybridized carbons (Fsp3) is 0.278. The molecule has 0 unspecified atom stereocenters. The Bertz CT molecular complexity index is 929. The van der Waals surface area contributed by atoms with Gasteiger partial charge in [0, 0.05) is 16.5 Å². The van der Waals surface area contributed by atoms with Crippen molar-refractivity contribution in [1.82, 2.24) is 0 Å². The summed E-state index contributed by atoms with van der Waals surface area (Å²) >= 11 is 1.52. The number of fused-ring (bicyclic) bond motifs is 1. The Labute approximate surface area is 160 Å². The summed E-state index contributed by atoms with van der Waals surface area (Å²) in [5.74, 6) is 2.22. The number of nitro groups is 1. The molecule has 0 radical (unpaired) electrons. The van der Waals surface area contributed by atoms with Gasteiger partial charge in [0.2, 0.25) is 0 Å². The smallest absolute Gasteiger partial charge is 0.282 e. The van der Waals surface area contributed by atoms with Crippen LogP contribution in [0, 0.1) is 10.1 Å². The van der Waals surface area contributed by atoms with E-state index >= 15 is 0 Å². The van der Waals surface area contributed by atoms with E-state index in [9.17, 15) is 10.1 Å². The van der Waals surface area contributed by atoms with Crippen LogP contribution in [0.5, 0.6) is 23.0 Å². The molecule has 1 aliphatic heterocycles. The van der Waals surface area contributed by atoms with Crippen molar-refractivity contribution >= 4 is 23.2 Å². The highest BCUT2D eigenvalue weighted by atomic mass is 32.2. The first-order valence-electron chi connectivity index (χ1n) is 7.88. The highest BCUT2D eigenvalue weighted by Crippen LogP contribution is 2.42. The van der Waals surface area contributed by atoms with Crippen LogP contribution in [-0.2, 0) is 0 Å². The van der Waals surface area contributed by atoms with E-state index in [0.29, 0.717) is 34.4 Å². The van der Waals surface area contributed by atoms with E-state index in [1.54, 1.807) is 19.2 Å². The summed E-state index contributed by atoms with van der Waals surface area (Å²) in [5, 5.41) is 11.7. The summed E-state index contributed by atoms with van der Waals surface area (Å²) in [6.07, 6.45) is 0. The minimum absolute atomic E-state index is 0.112. The molecule has 2 aromatic carbocycles. The molecular weight excluding hydrogens is 372 g/mol. The molecule has 1 heterocycles. The van der Waals surface area contributed by atoms with Crippen LogP contribution in [-0.4, -0.2) is 45.0 Å². The third-order valence-corrected chi connectivity index (χ3v) is 5.04. The van der Waals surface area contributed by atoms with Crippen molar-refractivity contribution in [2.24, 2.45) is 4.99 Å². The van der Waals surface area contributed by atoms with Gasteiger partial charge in [-0.25, -0.2) is 0 Å². The molecule has 1 aliphatic rings. The molecule has 2 aromatic rings. The van der Waals surface area contributed by atoms with Gasteiger partial charge in [0.15, 0.2) is 23.0 Å². The van der Waals surface area contributed by atoms with Gasteiger partial charge in [0.25, 0.3) is 5.69 Å². The van der Waals surface area contributed by atoms with Crippen LogP contribution in [0.1, 0.15) is 11.1 Å². The fourth-order valence-corrected chi connectivity index (χ4v) is 3.69. The van der Waals surface area contributed by atoms with E-state index in [4.69, 9.17) is 18.9 Å². The van der Waals surface area contributed by atoms with Gasteiger partial charge in [-0.05, 0) is 12.1 Å². The summed E-state index contributed by atoms with van der Waals surface area (Å²) in [6, 6.07) is 6.55. The summed E-state index contributed by atoms with van der Waals surface area (Å²) in [6.45, 7) is 0. The predicted molar refractivity (Wildman–Crippen MR) is 102 cm³/mol. The largest absolute Gasteiger partial charge is 0.493 e. The number of aliphatic imine (C=N–C) groups is 1. The molecule has 0 spiro atoms. The molecule has 0 saturated carbocycles. The SMILES string of the molecule is COc1cc2c(cc1OC)C(c1cc(OC)c(OC)cc1[N+](=O)[O-])=NCS2. The number of thioether (sulfide) groups is 1. The zero-order valence-electron chi connectivity index (χ0n) is 15.3. The van der Waals surface area contributed by atoms with Crippen molar-refractivity contribution in [3.8, 4) is 23.0 Å². The van der Waals surface area contributed by atoms with Gasteiger partial charge in [0.1, 0.15) is 0 Å². The van der Waals surface area contributed by atoms with E-state index in [0.717, 1.165) is 10.5 Å². The maximum atomic E-state index is 11.7. The zero-order valence-corrected chi connectivity index (χ0v) is 16.1. The Morgan fingerprint density at radius 1 is 0.889 bits per heavy atom. The third kappa shape index (κ3) is 3.37. The lowest BCUT2D eigenvalue weighted by Crippen LogP contribution is -2.13. The Balaban J connectivity index is 2.24. The molecule has 9 heteroatoms. The topological polar surface area (TPSA) is 92.4 Å². The molecule has 0 saturated heterocycles. The second-order valence-electron chi connectivity index (χ2n) is 5.46. The number of hydrogen-bond acceptors (Lipinski definition) is 8. The first-order chi connectivity index (χ1) is 13.0. The molecule has 0 aromatic heterocycles. The van der Waals surface area contributed by atoms with Crippen LogP contribution in [0.25, 0.3) is 0 Å². The zero-order chi connectivity index (χ0) is 19.6. The van der Waals surface area contributed by atoms with Gasteiger partial charge >= 0.3 is 0 Å². The lowest BCUT2D eigenvalue weighted by molar-refractivity contribution is -0.385. The second-order valence-corrected chi connectivity index (χ2v) is 6.45. The van der Waals surface area contributed by atoms with Crippen LogP contribution in [0.2, 0.25) is 0 Å². The summed E-state index contributed by atoms with van der Waals surface area (Å²) in [5.41, 5.74) is 1.47. The first-order valence-corrected chi connectivity index (χ1v) is 8.87. The summed E-state index contributed by atoms with van der Waals surface area (Å²) < 4.78 is 21.2. The van der Waals surface area contributed by atoms with Crippen molar-refractivity contribution < 1.29 is 23.9 Å². The molecule has 8 nitrogen and oxygen atoms in total. The molecule has 27 heavy (non-hydrogen) atoms. The van der Waals surface area contributed by atoms with Crippen molar-refractivity contribution in [2.45, 2.75) is 4.90 Å². The van der Waals surface area contributed by atoms with Gasteiger partial charge in [-0.1, -0.05) is 0 Å². The molecule has 0 bridgehead atoms. The third-order valence-electron chi connectivity index (χ3n) is 4.14. The highest BCUT2D eigenvalue weighted by molar-refractivity contribution is 7.99. The lowest BCUT2D eigenvalue weighted by atomic mass is 9.99. The second kappa shape index (κ2) is 7.75. The van der Waals surface area contributed by atoms with Gasteiger partial charge < -0.3 is 18.9 Å². The highest BCUT2D eigenvalue weighted by Gasteiger charge is 2.28. The number of nitro benzene ring substituents is 1. The fourth-order valence-electron chi connectivity index (χ4n) is 2.86. The van der Waals surface area contributed by atoms with Crippen LogP contribution in [0.15, 0.2) is 34.2 Å². The maximum Gasteiger partial charge on any atom is 0.282 e. The molecule has 3 rings (SSSR count). The van der Waals surface area contributed by atoms with Gasteiger partial charge in [-0.3, -0.25) is 15.1 Å². The van der Waals surface area contributed by atoms with Gasteiger partial charge in [-0.2, -0.15) is 0 Å². The predicted octanol–water partition coefficient (Wildman–Crippen LogP) is 3.53. The monoisotopic (exact) mass is 390 g/mol. The average molecular weight is 390 g/mol. The molecular formula is C18H18N2O6S. The van der Waals surface area contributed by atoms with E-state index in [1.807, 2.05) is 6.07 Å². The van der Waals surface area contributed by atoms with Crippen molar-refractivity contribution in [3.05, 3.63) is 45.5 Å². The number of methoxy groups -OCH3 is 4. The van der Waals surface area contributed by atoms with E-state index in [2.05, 4.69) is 4.99 Å². The number of rotatable bonds is 6. The minimum atomic E-state index is -0.456. The molecule has 0 atom stereocenters. The van der Waals surface area contributed by atoms with Crippen molar-refractivity contribution in [2.75, 3.05) is 34.3 Å². The normalized spacial score (nSPS) is 12.7. The molecule has 0 aliphatic carbocycles. The lowest BCUT2D eigenvalue weighted by Gasteiger charge is -2.20. The Morgan fingerprint density at radius 3 is 1.96 bits per heavy atom. The number of hydrogen-bond donors (Lipinski definition) is 0. The van der Waals surface area contributed by atoms with E-state index < -0.39 is 4.92 Å². The number of nitrogens with zero attached hydrogens (tertiary/aromatic N) is 2. The van der Waals surface area contributed by atoms with Gasteiger partial charge in [0.05, 0.1) is 56.6 Å². The first kappa shape index (κ1) is 18.8. The molecule has 0 fully saturated rings. The Kier molecular flexibility index (Phi) is 5.41. The molecule has 0 N–H and O–H groups in total. The number of benzene rings is 2. The average Bonchev–Trinajstić information content (AvgIpc) is 2.70. The Morgan fingerprint density at radius 2 is 1.41 bits per heavy atom. The van der Waals surface area contributed by atoms with E-state index in [-0.39, 0.29) is 11.4 Å². The maximum absolute atomic E-state index is 11.7. The molecule has 0 amide bonds. The summed E-state index contributed by atoms with van der Waals surface area (Å²) in [4.78, 5) is 16.6. The van der Waals surface area contributed by atoms with E-state index in [1.165, 1.54) is 39.2 Å². The summed E-state index contributed by atoms with van der Waals surface area (Å²) in [7, 11) is 6.01. The quantitative estimate of drug-likeness (QED) is 0.550. The van der Waals surface area contributed by atoms with Crippen molar-refractivity contribution in [1.29, 1.82) is 0 Å². The van der Waals surface area contributed by atoms with Gasteiger partial charge in [-0.15, -0.1) is 11.8 Å². The van der Waals surface area contributed by atoms with Crippen LogP contribution in [0.4, 0.5) is 5.69 Å². The standard InChI is InChI=1S/C18H18N2O6S/c1-23-13-5-10(12(20(21)22)7-15(13)25-3)18-11-6-14(24-2)16(26-4)8-17(11)27-9-19-18/h5-8H,9H2,1-4H3.